The molecule has 1 aliphatic rings. The second-order valence-electron chi connectivity index (χ2n) is 6.45. The van der Waals surface area contributed by atoms with E-state index in [-0.39, 0.29) is 22.9 Å². The number of amides is 1. The number of hydrogen-bond acceptors (Lipinski definition) is 5. The first-order chi connectivity index (χ1) is 13.9. The number of halogens is 2. The van der Waals surface area contributed by atoms with E-state index < -0.39 is 15.8 Å². The third-order valence-electron chi connectivity index (χ3n) is 4.45. The summed E-state index contributed by atoms with van der Waals surface area (Å²) in [4.78, 5) is 14.1. The van der Waals surface area contributed by atoms with E-state index in [0.717, 1.165) is 4.47 Å². The van der Waals surface area contributed by atoms with E-state index in [1.165, 1.54) is 16.6 Å². The quantitative estimate of drug-likeness (QED) is 0.504. The van der Waals surface area contributed by atoms with Crippen molar-refractivity contribution < 1.29 is 17.6 Å². The van der Waals surface area contributed by atoms with E-state index in [2.05, 4.69) is 26.5 Å². The molecule has 0 aromatic heterocycles. The van der Waals surface area contributed by atoms with Gasteiger partial charge in [0.2, 0.25) is 10.0 Å². The van der Waals surface area contributed by atoms with Crippen molar-refractivity contribution in [3.05, 3.63) is 64.4 Å². The van der Waals surface area contributed by atoms with Crippen molar-refractivity contribution >= 4 is 38.1 Å². The van der Waals surface area contributed by atoms with Gasteiger partial charge in [0.05, 0.1) is 17.7 Å². The van der Waals surface area contributed by atoms with E-state index in [0.29, 0.717) is 26.2 Å². The summed E-state index contributed by atoms with van der Waals surface area (Å²) in [6, 6.07) is 12.6. The van der Waals surface area contributed by atoms with Crippen LogP contribution in [0.4, 0.5) is 4.39 Å². The molecule has 3 rings (SSSR count). The fraction of sp³-hybridized carbons (Fsp3) is 0.263. The summed E-state index contributed by atoms with van der Waals surface area (Å²) in [5.41, 5.74) is 2.64. The number of sulfonamides is 1. The molecule has 1 N–H and O–H groups in total. The third kappa shape index (κ3) is 5.69. The molecule has 0 unspecified atom stereocenters. The van der Waals surface area contributed by atoms with Crippen molar-refractivity contribution in [3.63, 3.8) is 0 Å². The Balaban J connectivity index is 1.48. The van der Waals surface area contributed by atoms with Crippen LogP contribution >= 0.6 is 15.9 Å². The van der Waals surface area contributed by atoms with Crippen LogP contribution < -0.4 is 5.43 Å². The Kier molecular flexibility index (Phi) is 7.12. The number of carbonyl (C=O) groups is 1. The molecule has 2 aromatic carbocycles. The van der Waals surface area contributed by atoms with E-state index in [1.807, 2.05) is 4.90 Å². The molecule has 10 heteroatoms. The summed E-state index contributed by atoms with van der Waals surface area (Å²) in [7, 11) is -3.55. The van der Waals surface area contributed by atoms with Gasteiger partial charge in [-0.3, -0.25) is 9.69 Å². The van der Waals surface area contributed by atoms with Crippen LogP contribution in [0.15, 0.2) is 63.0 Å². The highest BCUT2D eigenvalue weighted by Gasteiger charge is 2.28. The fourth-order valence-electron chi connectivity index (χ4n) is 2.88. The SMILES string of the molecule is O=C(CN1CCN(S(=O)(=O)c2ccc(Br)cc2)CC1)NN=Cc1ccccc1F. The summed E-state index contributed by atoms with van der Waals surface area (Å²) in [5.74, 6) is -0.768. The summed E-state index contributed by atoms with van der Waals surface area (Å²) in [5, 5.41) is 3.77. The maximum absolute atomic E-state index is 13.5. The van der Waals surface area contributed by atoms with E-state index in [1.54, 1.807) is 42.5 Å². The van der Waals surface area contributed by atoms with Gasteiger partial charge in [-0.2, -0.15) is 9.41 Å². The average Bonchev–Trinajstić information content (AvgIpc) is 2.70. The maximum Gasteiger partial charge on any atom is 0.254 e. The highest BCUT2D eigenvalue weighted by Crippen LogP contribution is 2.20. The van der Waals surface area contributed by atoms with E-state index in [9.17, 15) is 17.6 Å². The first-order valence-corrected chi connectivity index (χ1v) is 11.1. The molecule has 1 saturated heterocycles. The van der Waals surface area contributed by atoms with Crippen LogP contribution in [0.2, 0.25) is 0 Å². The Labute approximate surface area is 177 Å². The minimum absolute atomic E-state index is 0.0841. The molecule has 1 fully saturated rings. The van der Waals surface area contributed by atoms with Crippen molar-refractivity contribution in [3.8, 4) is 0 Å². The monoisotopic (exact) mass is 482 g/mol. The summed E-state index contributed by atoms with van der Waals surface area (Å²) in [6.45, 7) is 1.54. The van der Waals surface area contributed by atoms with Crippen LogP contribution in [0.1, 0.15) is 5.56 Å². The van der Waals surface area contributed by atoms with Gasteiger partial charge in [-0.25, -0.2) is 18.2 Å². The third-order valence-corrected chi connectivity index (χ3v) is 6.89. The predicted octanol–water partition coefficient (Wildman–Crippen LogP) is 2.04. The molecule has 0 bridgehead atoms. The Morgan fingerprint density at radius 1 is 1.10 bits per heavy atom. The minimum Gasteiger partial charge on any atom is -0.292 e. The fourth-order valence-corrected chi connectivity index (χ4v) is 4.56. The van der Waals surface area contributed by atoms with Gasteiger partial charge in [0.25, 0.3) is 5.91 Å². The topological polar surface area (TPSA) is 82.1 Å². The molecular formula is C19H20BrFN4O3S. The first-order valence-electron chi connectivity index (χ1n) is 8.91. The van der Waals surface area contributed by atoms with Crippen molar-refractivity contribution in [1.29, 1.82) is 0 Å². The van der Waals surface area contributed by atoms with Gasteiger partial charge in [-0.15, -0.1) is 0 Å². The van der Waals surface area contributed by atoms with Crippen LogP contribution in [0.5, 0.6) is 0 Å². The molecule has 0 radical (unpaired) electrons. The summed E-state index contributed by atoms with van der Waals surface area (Å²) >= 11 is 3.29. The highest BCUT2D eigenvalue weighted by atomic mass is 79.9. The molecule has 0 atom stereocenters. The maximum atomic E-state index is 13.5. The van der Waals surface area contributed by atoms with E-state index in [4.69, 9.17) is 0 Å². The Bertz CT molecular complexity index is 991. The van der Waals surface area contributed by atoms with Crippen LogP contribution in [-0.2, 0) is 14.8 Å². The lowest BCUT2D eigenvalue weighted by atomic mass is 10.2. The molecule has 0 aliphatic carbocycles. The van der Waals surface area contributed by atoms with Crippen LogP contribution in [0, 0.1) is 5.82 Å². The lowest BCUT2D eigenvalue weighted by molar-refractivity contribution is -0.122. The molecular weight excluding hydrogens is 463 g/mol. The zero-order valence-electron chi connectivity index (χ0n) is 15.5. The van der Waals surface area contributed by atoms with Crippen LogP contribution in [-0.4, -0.2) is 62.5 Å². The number of hydrazone groups is 1. The van der Waals surface area contributed by atoms with Crippen LogP contribution in [0.3, 0.4) is 0 Å². The summed E-state index contributed by atoms with van der Waals surface area (Å²) < 4.78 is 41.1. The molecule has 0 saturated carbocycles. The first kappa shape index (κ1) is 21.6. The molecule has 1 aliphatic heterocycles. The Morgan fingerprint density at radius 3 is 2.41 bits per heavy atom. The summed E-state index contributed by atoms with van der Waals surface area (Å²) in [6.07, 6.45) is 1.25. The molecule has 0 spiro atoms. The number of nitrogens with one attached hydrogen (secondary N) is 1. The molecule has 7 nitrogen and oxygen atoms in total. The second-order valence-corrected chi connectivity index (χ2v) is 9.30. The van der Waals surface area contributed by atoms with Gasteiger partial charge in [-0.05, 0) is 30.3 Å². The number of benzene rings is 2. The molecule has 1 heterocycles. The number of piperazine rings is 1. The number of hydrogen-bond donors (Lipinski definition) is 1. The van der Waals surface area contributed by atoms with Crippen molar-refractivity contribution in [1.82, 2.24) is 14.6 Å². The number of rotatable bonds is 6. The van der Waals surface area contributed by atoms with Crippen molar-refractivity contribution in [2.45, 2.75) is 4.90 Å². The Hall–Kier alpha value is -2.14. The zero-order valence-corrected chi connectivity index (χ0v) is 17.9. The average molecular weight is 483 g/mol. The van der Waals surface area contributed by atoms with Gasteiger partial charge >= 0.3 is 0 Å². The number of carbonyl (C=O) groups excluding carboxylic acids is 1. The van der Waals surface area contributed by atoms with Gasteiger partial charge < -0.3 is 0 Å². The van der Waals surface area contributed by atoms with Crippen molar-refractivity contribution in [2.24, 2.45) is 5.10 Å². The second kappa shape index (κ2) is 9.57. The smallest absolute Gasteiger partial charge is 0.254 e. The lowest BCUT2D eigenvalue weighted by Gasteiger charge is -2.33. The molecule has 29 heavy (non-hydrogen) atoms. The van der Waals surface area contributed by atoms with Gasteiger partial charge in [0, 0.05) is 36.2 Å². The van der Waals surface area contributed by atoms with E-state index >= 15 is 0 Å². The molecule has 154 valence electrons. The predicted molar refractivity (Wildman–Crippen MR) is 111 cm³/mol. The largest absolute Gasteiger partial charge is 0.292 e. The van der Waals surface area contributed by atoms with Gasteiger partial charge in [0.15, 0.2) is 0 Å². The van der Waals surface area contributed by atoms with Crippen molar-refractivity contribution in [2.75, 3.05) is 32.7 Å². The lowest BCUT2D eigenvalue weighted by Crippen LogP contribution is -2.50. The Morgan fingerprint density at radius 2 is 1.76 bits per heavy atom. The highest BCUT2D eigenvalue weighted by molar-refractivity contribution is 9.10. The van der Waals surface area contributed by atoms with Gasteiger partial charge in [0.1, 0.15) is 5.82 Å². The van der Waals surface area contributed by atoms with Gasteiger partial charge in [-0.1, -0.05) is 34.1 Å². The zero-order chi connectivity index (χ0) is 20.9. The molecule has 2 aromatic rings. The standard InChI is InChI=1S/C19H20BrFN4O3S/c20-16-5-7-17(8-6-16)29(27,28)25-11-9-24(10-12-25)14-19(26)23-22-13-15-3-1-2-4-18(15)21/h1-8,13H,9-12,14H2,(H,23,26). The minimum atomic E-state index is -3.55. The normalized spacial score (nSPS) is 16.2. The number of nitrogens with zero attached hydrogens (tertiary/aromatic N) is 3. The molecule has 1 amide bonds. The van der Waals surface area contributed by atoms with Crippen LogP contribution in [0.25, 0.3) is 0 Å².